The predicted molar refractivity (Wildman–Crippen MR) is 71.9 cm³/mol. The molecule has 0 aliphatic rings. The number of carbonyl (C=O) groups is 1. The molecule has 4 nitrogen and oxygen atoms in total. The van der Waals surface area contributed by atoms with E-state index in [9.17, 15) is 4.79 Å². The van der Waals surface area contributed by atoms with Gasteiger partial charge in [0.15, 0.2) is 0 Å². The maximum Gasteiger partial charge on any atom is 0.250 e. The fourth-order valence-electron chi connectivity index (χ4n) is 1.59. The van der Waals surface area contributed by atoms with Crippen LogP contribution in [0.1, 0.15) is 22.8 Å². The van der Waals surface area contributed by atoms with Gasteiger partial charge in [-0.05, 0) is 36.2 Å². The molecule has 0 saturated heterocycles. The molecule has 1 heterocycles. The molecule has 0 unspecified atom stereocenters. The fourth-order valence-corrected chi connectivity index (χ4v) is 1.59. The van der Waals surface area contributed by atoms with Gasteiger partial charge < -0.3 is 11.1 Å². The number of aryl methyl sites for hydroxylation is 1. The topological polar surface area (TPSA) is 68.0 Å². The highest BCUT2D eigenvalue weighted by Crippen LogP contribution is 2.15. The Kier molecular flexibility index (Phi) is 3.57. The standard InChI is InChI=1S/C14H15N3O/c1-2-10-3-6-12(7-4-10)17-13-8-5-11(9-16-13)14(15)18/h3-9H,2H2,1H3,(H2,15,18)(H,16,17). The van der Waals surface area contributed by atoms with E-state index in [-0.39, 0.29) is 0 Å². The third kappa shape index (κ3) is 2.85. The molecule has 0 fully saturated rings. The number of hydrogen-bond acceptors (Lipinski definition) is 3. The van der Waals surface area contributed by atoms with E-state index < -0.39 is 5.91 Å². The van der Waals surface area contributed by atoms with Gasteiger partial charge in [0.25, 0.3) is 0 Å². The molecule has 0 spiro atoms. The Morgan fingerprint density at radius 1 is 1.22 bits per heavy atom. The van der Waals surface area contributed by atoms with Crippen LogP contribution >= 0.6 is 0 Å². The molecule has 1 aromatic carbocycles. The number of aromatic nitrogens is 1. The number of nitrogens with two attached hydrogens (primary N) is 1. The molecule has 0 atom stereocenters. The van der Waals surface area contributed by atoms with Gasteiger partial charge in [-0.15, -0.1) is 0 Å². The lowest BCUT2D eigenvalue weighted by molar-refractivity contribution is 0.1000. The van der Waals surface area contributed by atoms with E-state index in [1.807, 2.05) is 12.1 Å². The number of nitrogens with one attached hydrogen (secondary N) is 1. The molecule has 0 aliphatic carbocycles. The van der Waals surface area contributed by atoms with Gasteiger partial charge in [0.05, 0.1) is 5.56 Å². The van der Waals surface area contributed by atoms with E-state index in [1.165, 1.54) is 11.8 Å². The number of rotatable bonds is 4. The first-order chi connectivity index (χ1) is 8.69. The lowest BCUT2D eigenvalue weighted by Gasteiger charge is -2.06. The number of pyridine rings is 1. The molecule has 3 N–H and O–H groups in total. The van der Waals surface area contributed by atoms with Gasteiger partial charge in [-0.2, -0.15) is 0 Å². The van der Waals surface area contributed by atoms with Gasteiger partial charge in [0.1, 0.15) is 5.82 Å². The van der Waals surface area contributed by atoms with E-state index >= 15 is 0 Å². The van der Waals surface area contributed by atoms with Crippen LogP contribution in [0.3, 0.4) is 0 Å². The van der Waals surface area contributed by atoms with Crippen LogP contribution in [0.4, 0.5) is 11.5 Å². The van der Waals surface area contributed by atoms with Crippen molar-refractivity contribution in [3.8, 4) is 0 Å². The van der Waals surface area contributed by atoms with Crippen molar-refractivity contribution in [3.63, 3.8) is 0 Å². The van der Waals surface area contributed by atoms with Crippen LogP contribution in [0.5, 0.6) is 0 Å². The molecule has 1 amide bonds. The van der Waals surface area contributed by atoms with Crippen molar-refractivity contribution in [2.45, 2.75) is 13.3 Å². The van der Waals surface area contributed by atoms with Crippen LogP contribution in [0, 0.1) is 0 Å². The van der Waals surface area contributed by atoms with E-state index in [2.05, 4.69) is 29.4 Å². The predicted octanol–water partition coefficient (Wildman–Crippen LogP) is 2.49. The number of primary amides is 1. The Morgan fingerprint density at radius 3 is 2.44 bits per heavy atom. The fraction of sp³-hybridized carbons (Fsp3) is 0.143. The van der Waals surface area contributed by atoms with E-state index in [4.69, 9.17) is 5.73 Å². The summed E-state index contributed by atoms with van der Waals surface area (Å²) in [6.07, 6.45) is 2.48. The van der Waals surface area contributed by atoms with Crippen LogP contribution in [-0.2, 0) is 6.42 Å². The molecule has 2 rings (SSSR count). The van der Waals surface area contributed by atoms with Crippen molar-refractivity contribution < 1.29 is 4.79 Å². The second-order valence-electron chi connectivity index (χ2n) is 3.97. The number of benzene rings is 1. The van der Waals surface area contributed by atoms with Gasteiger partial charge in [-0.1, -0.05) is 19.1 Å². The quantitative estimate of drug-likeness (QED) is 0.864. The molecular weight excluding hydrogens is 226 g/mol. The molecule has 1 aromatic heterocycles. The minimum Gasteiger partial charge on any atom is -0.366 e. The molecule has 0 aliphatic heterocycles. The Labute approximate surface area is 106 Å². The zero-order chi connectivity index (χ0) is 13.0. The van der Waals surface area contributed by atoms with E-state index in [0.29, 0.717) is 11.4 Å². The van der Waals surface area contributed by atoms with Crippen molar-refractivity contribution >= 4 is 17.4 Å². The van der Waals surface area contributed by atoms with Gasteiger partial charge in [-0.3, -0.25) is 4.79 Å². The number of nitrogens with zero attached hydrogens (tertiary/aromatic N) is 1. The Balaban J connectivity index is 2.10. The second kappa shape index (κ2) is 5.31. The summed E-state index contributed by atoms with van der Waals surface area (Å²) in [7, 11) is 0. The Morgan fingerprint density at radius 2 is 1.94 bits per heavy atom. The van der Waals surface area contributed by atoms with Crippen molar-refractivity contribution in [2.75, 3.05) is 5.32 Å². The molecular formula is C14H15N3O. The summed E-state index contributed by atoms with van der Waals surface area (Å²) >= 11 is 0. The highest BCUT2D eigenvalue weighted by molar-refractivity contribution is 5.92. The zero-order valence-corrected chi connectivity index (χ0v) is 10.2. The molecule has 0 radical (unpaired) electrons. The van der Waals surface area contributed by atoms with Gasteiger partial charge >= 0.3 is 0 Å². The molecule has 2 aromatic rings. The summed E-state index contributed by atoms with van der Waals surface area (Å²) in [4.78, 5) is 15.0. The summed E-state index contributed by atoms with van der Waals surface area (Å²) in [5.74, 6) is 0.214. The third-order valence-corrected chi connectivity index (χ3v) is 2.68. The number of carbonyl (C=O) groups excluding carboxylic acids is 1. The lowest BCUT2D eigenvalue weighted by Crippen LogP contribution is -2.11. The maximum absolute atomic E-state index is 10.9. The Hall–Kier alpha value is -2.36. The largest absolute Gasteiger partial charge is 0.366 e. The summed E-state index contributed by atoms with van der Waals surface area (Å²) in [5, 5.41) is 3.16. The summed E-state index contributed by atoms with van der Waals surface area (Å²) in [6, 6.07) is 11.5. The van der Waals surface area contributed by atoms with Crippen LogP contribution in [0.15, 0.2) is 42.6 Å². The number of anilines is 2. The van der Waals surface area contributed by atoms with Crippen LogP contribution in [-0.4, -0.2) is 10.9 Å². The normalized spacial score (nSPS) is 10.1. The monoisotopic (exact) mass is 241 g/mol. The molecule has 92 valence electrons. The van der Waals surface area contributed by atoms with Crippen molar-refractivity contribution in [2.24, 2.45) is 5.73 Å². The molecule has 4 heteroatoms. The van der Waals surface area contributed by atoms with Crippen molar-refractivity contribution in [1.82, 2.24) is 4.98 Å². The Bertz CT molecular complexity index is 532. The highest BCUT2D eigenvalue weighted by Gasteiger charge is 2.01. The number of amides is 1. The van der Waals surface area contributed by atoms with E-state index in [0.717, 1.165) is 12.1 Å². The van der Waals surface area contributed by atoms with Crippen molar-refractivity contribution in [3.05, 3.63) is 53.7 Å². The highest BCUT2D eigenvalue weighted by atomic mass is 16.1. The minimum absolute atomic E-state index is 0.405. The first-order valence-electron chi connectivity index (χ1n) is 5.81. The average molecular weight is 241 g/mol. The summed E-state index contributed by atoms with van der Waals surface area (Å²) in [5.41, 5.74) is 7.81. The first-order valence-corrected chi connectivity index (χ1v) is 5.81. The molecule has 18 heavy (non-hydrogen) atoms. The van der Waals surface area contributed by atoms with Crippen LogP contribution in [0.25, 0.3) is 0 Å². The minimum atomic E-state index is -0.471. The zero-order valence-electron chi connectivity index (χ0n) is 10.2. The third-order valence-electron chi connectivity index (χ3n) is 2.68. The smallest absolute Gasteiger partial charge is 0.250 e. The van der Waals surface area contributed by atoms with E-state index in [1.54, 1.807) is 12.1 Å². The summed E-state index contributed by atoms with van der Waals surface area (Å²) in [6.45, 7) is 2.12. The van der Waals surface area contributed by atoms with Gasteiger partial charge in [0, 0.05) is 11.9 Å². The molecule has 0 bridgehead atoms. The maximum atomic E-state index is 10.9. The number of hydrogen-bond donors (Lipinski definition) is 2. The summed E-state index contributed by atoms with van der Waals surface area (Å²) < 4.78 is 0. The molecule has 0 saturated carbocycles. The van der Waals surface area contributed by atoms with Crippen molar-refractivity contribution in [1.29, 1.82) is 0 Å². The van der Waals surface area contributed by atoms with Gasteiger partial charge in [0.2, 0.25) is 5.91 Å². The first kappa shape index (κ1) is 12.1. The lowest BCUT2D eigenvalue weighted by atomic mass is 10.1. The average Bonchev–Trinajstić information content (AvgIpc) is 2.40. The van der Waals surface area contributed by atoms with Crippen LogP contribution in [0.2, 0.25) is 0 Å². The SMILES string of the molecule is CCc1ccc(Nc2ccc(C(N)=O)cn2)cc1. The van der Waals surface area contributed by atoms with Crippen LogP contribution < -0.4 is 11.1 Å². The second-order valence-corrected chi connectivity index (χ2v) is 3.97. The van der Waals surface area contributed by atoms with Gasteiger partial charge in [-0.25, -0.2) is 4.98 Å².